The van der Waals surface area contributed by atoms with Crippen molar-refractivity contribution < 1.29 is 24.2 Å². The Bertz CT molecular complexity index is 2060. The Morgan fingerprint density at radius 3 is 2.52 bits per heavy atom. The third kappa shape index (κ3) is 4.44. The molecule has 3 aliphatic rings. The fourth-order valence-corrected chi connectivity index (χ4v) is 7.46. The molecule has 3 N–H and O–H groups in total. The van der Waals surface area contributed by atoms with Gasteiger partial charge in [0.1, 0.15) is 28.2 Å². The van der Waals surface area contributed by atoms with Crippen molar-refractivity contribution in [1.29, 1.82) is 0 Å². The molecule has 3 fully saturated rings. The van der Waals surface area contributed by atoms with Gasteiger partial charge in [-0.2, -0.15) is 0 Å². The Hall–Kier alpha value is -4.90. The van der Waals surface area contributed by atoms with Crippen LogP contribution in [0, 0.1) is 11.8 Å². The van der Waals surface area contributed by atoms with Crippen LogP contribution >= 0.6 is 0 Å². The summed E-state index contributed by atoms with van der Waals surface area (Å²) < 4.78 is 14.9. The second kappa shape index (κ2) is 10.6. The fraction of sp³-hybridized carbons (Fsp3) is 0.371. The molecule has 3 atom stereocenters. The summed E-state index contributed by atoms with van der Waals surface area (Å²) in [7, 11) is 4.87. The number of hydrogen-bond donors (Lipinski definition) is 2. The summed E-state index contributed by atoms with van der Waals surface area (Å²) >= 11 is 0. The van der Waals surface area contributed by atoms with Crippen molar-refractivity contribution in [2.45, 2.75) is 44.3 Å². The van der Waals surface area contributed by atoms with Gasteiger partial charge in [0.05, 0.1) is 31.1 Å². The minimum Gasteiger partial charge on any atom is -0.507 e. The number of pyridine rings is 1. The van der Waals surface area contributed by atoms with E-state index in [-0.39, 0.29) is 29.3 Å². The lowest BCUT2D eigenvalue weighted by atomic mass is 10.1. The van der Waals surface area contributed by atoms with Crippen LogP contribution < -0.4 is 10.5 Å². The number of piperidine rings is 1. The maximum atomic E-state index is 13.7. The minimum atomic E-state index is -0.599. The zero-order valence-electron chi connectivity index (χ0n) is 26.1. The molecule has 2 saturated carbocycles. The van der Waals surface area contributed by atoms with Gasteiger partial charge in [-0.05, 0) is 80.0 Å². The predicted molar refractivity (Wildman–Crippen MR) is 173 cm³/mol. The normalized spacial score (nSPS) is 20.6. The van der Waals surface area contributed by atoms with Gasteiger partial charge in [-0.25, -0.2) is 14.8 Å². The molecule has 0 radical (unpaired) electrons. The molecule has 11 heteroatoms. The van der Waals surface area contributed by atoms with E-state index in [1.54, 1.807) is 19.2 Å². The van der Waals surface area contributed by atoms with E-state index >= 15 is 0 Å². The summed E-state index contributed by atoms with van der Waals surface area (Å²) in [6, 6.07) is 14.7. The molecule has 5 aromatic rings. The van der Waals surface area contributed by atoms with Crippen molar-refractivity contribution in [2.75, 3.05) is 20.8 Å². The zero-order chi connectivity index (χ0) is 31.9. The number of aromatic hydroxyl groups is 1. The van der Waals surface area contributed by atoms with E-state index in [1.807, 2.05) is 40.8 Å². The summed E-state index contributed by atoms with van der Waals surface area (Å²) in [6.45, 7) is 1.49. The number of imidazole rings is 1. The summed E-state index contributed by atoms with van der Waals surface area (Å²) in [6.07, 6.45) is 4.35. The van der Waals surface area contributed by atoms with Crippen LogP contribution in [0.5, 0.6) is 11.5 Å². The van der Waals surface area contributed by atoms with Gasteiger partial charge >= 0.3 is 5.97 Å². The maximum Gasteiger partial charge on any atom is 0.341 e. The number of esters is 1. The number of methoxy groups -OCH3 is 2. The highest BCUT2D eigenvalue weighted by Crippen LogP contribution is 2.40. The molecular formula is C35H36N6O5. The van der Waals surface area contributed by atoms with Gasteiger partial charge in [0, 0.05) is 48.7 Å². The van der Waals surface area contributed by atoms with Crippen LogP contribution in [-0.2, 0) is 18.3 Å². The van der Waals surface area contributed by atoms with Crippen LogP contribution in [-0.4, -0.2) is 73.8 Å². The van der Waals surface area contributed by atoms with E-state index in [9.17, 15) is 14.7 Å². The highest BCUT2D eigenvalue weighted by Gasteiger charge is 2.47. The number of nitrogens with zero attached hydrogens (tertiary/aromatic N) is 5. The van der Waals surface area contributed by atoms with E-state index in [0.717, 1.165) is 60.3 Å². The van der Waals surface area contributed by atoms with Gasteiger partial charge < -0.3 is 34.3 Å². The molecule has 236 valence electrons. The highest BCUT2D eigenvalue weighted by atomic mass is 16.5. The van der Waals surface area contributed by atoms with Gasteiger partial charge in [0.2, 0.25) is 0 Å². The summed E-state index contributed by atoms with van der Waals surface area (Å²) in [5.74, 6) is 1.48. The van der Waals surface area contributed by atoms with Crippen molar-refractivity contribution in [1.82, 2.24) is 24.0 Å². The SMILES string of the molecule is COC(=O)c1ccc(-c2ccc3cc(-c4nc5cc(C(=O)N6CC7CCC6[C@@H]7N)cc(OC)c5n4C)n(CC4CC4)c3n2)cc1O. The number of rotatable bonds is 7. The standard InChI is InChI=1S/C35H36N6O5/c1-39-31-25(12-22(15-29(31)45-2)34(43)41-17-21-8-11-26(41)30(21)36)38-33(39)27-13-20-7-10-24(37-32(20)40(27)16-18-4-5-18)19-6-9-23(28(42)14-19)35(44)46-3/h6-7,9-10,12-15,18,21,26,30,42H,4-5,8,11,16-17,36H2,1-3H3/t21?,26?,30-/m1/s1. The lowest BCUT2D eigenvalue weighted by Gasteiger charge is -2.27. The first-order valence-corrected chi connectivity index (χ1v) is 15.8. The molecular weight excluding hydrogens is 584 g/mol. The number of fused-ring (bicyclic) bond motifs is 4. The van der Waals surface area contributed by atoms with Crippen molar-refractivity contribution >= 4 is 33.9 Å². The number of aryl methyl sites for hydroxylation is 1. The number of ether oxygens (including phenoxy) is 2. The predicted octanol–water partition coefficient (Wildman–Crippen LogP) is 4.73. The fourth-order valence-electron chi connectivity index (χ4n) is 7.46. The van der Waals surface area contributed by atoms with E-state index in [4.69, 9.17) is 25.2 Å². The molecule has 2 aromatic carbocycles. The molecule has 1 amide bonds. The zero-order valence-corrected chi connectivity index (χ0v) is 26.1. The van der Waals surface area contributed by atoms with E-state index in [0.29, 0.717) is 46.5 Å². The van der Waals surface area contributed by atoms with Crippen LogP contribution in [0.25, 0.3) is 44.8 Å². The van der Waals surface area contributed by atoms with Crippen LogP contribution in [0.4, 0.5) is 0 Å². The highest BCUT2D eigenvalue weighted by molar-refractivity contribution is 6.00. The summed E-state index contributed by atoms with van der Waals surface area (Å²) in [5.41, 5.74) is 11.7. The molecule has 1 aliphatic heterocycles. The van der Waals surface area contributed by atoms with Crippen molar-refractivity contribution in [2.24, 2.45) is 24.6 Å². The molecule has 8 rings (SSSR count). The first-order chi connectivity index (χ1) is 22.2. The largest absolute Gasteiger partial charge is 0.507 e. The topological polar surface area (TPSA) is 138 Å². The average molecular weight is 621 g/mol. The third-order valence-corrected chi connectivity index (χ3v) is 10.1. The van der Waals surface area contributed by atoms with Gasteiger partial charge in [-0.3, -0.25) is 4.79 Å². The Morgan fingerprint density at radius 2 is 1.85 bits per heavy atom. The minimum absolute atomic E-state index is 0.0275. The molecule has 46 heavy (non-hydrogen) atoms. The van der Waals surface area contributed by atoms with E-state index in [2.05, 4.69) is 10.6 Å². The monoisotopic (exact) mass is 620 g/mol. The number of phenols is 1. The summed E-state index contributed by atoms with van der Waals surface area (Å²) in [4.78, 5) is 37.8. The van der Waals surface area contributed by atoms with Crippen LogP contribution in [0.15, 0.2) is 48.5 Å². The number of nitrogens with two attached hydrogens (primary N) is 1. The van der Waals surface area contributed by atoms with Gasteiger partial charge in [0.15, 0.2) is 5.82 Å². The molecule has 0 spiro atoms. The lowest BCUT2D eigenvalue weighted by Crippen LogP contribution is -2.41. The quantitative estimate of drug-likeness (QED) is 0.249. The number of benzene rings is 2. The Morgan fingerprint density at radius 1 is 1.02 bits per heavy atom. The number of phenolic OH excluding ortho intramolecular Hbond substituents is 1. The smallest absolute Gasteiger partial charge is 0.341 e. The third-order valence-electron chi connectivity index (χ3n) is 10.1. The number of aromatic nitrogens is 4. The Labute approximate surface area is 265 Å². The van der Waals surface area contributed by atoms with Gasteiger partial charge in [-0.1, -0.05) is 6.07 Å². The molecule has 1 saturated heterocycles. The lowest BCUT2D eigenvalue weighted by molar-refractivity contribution is 0.0597. The van der Waals surface area contributed by atoms with Crippen molar-refractivity contribution in [3.63, 3.8) is 0 Å². The Balaban J connectivity index is 1.22. The second-order valence-corrected chi connectivity index (χ2v) is 12.9. The molecule has 2 aliphatic carbocycles. The number of hydrogen-bond acceptors (Lipinski definition) is 8. The van der Waals surface area contributed by atoms with Gasteiger partial charge in [0.25, 0.3) is 5.91 Å². The number of amides is 1. The first kappa shape index (κ1) is 28.6. The molecule has 4 heterocycles. The first-order valence-electron chi connectivity index (χ1n) is 15.8. The number of carbonyl (C=O) groups excluding carboxylic acids is 2. The molecule has 11 nitrogen and oxygen atoms in total. The van der Waals surface area contributed by atoms with E-state index in [1.165, 1.54) is 13.2 Å². The molecule has 2 unspecified atom stereocenters. The molecule has 3 aromatic heterocycles. The van der Waals surface area contributed by atoms with Crippen molar-refractivity contribution in [3.05, 3.63) is 59.7 Å². The maximum absolute atomic E-state index is 13.7. The summed E-state index contributed by atoms with van der Waals surface area (Å²) in [5, 5.41) is 11.5. The number of carbonyl (C=O) groups is 2. The van der Waals surface area contributed by atoms with E-state index < -0.39 is 5.97 Å². The molecule has 2 bridgehead atoms. The Kier molecular flexibility index (Phi) is 6.57. The van der Waals surface area contributed by atoms with Gasteiger partial charge in [-0.15, -0.1) is 0 Å². The van der Waals surface area contributed by atoms with Crippen LogP contribution in [0.2, 0.25) is 0 Å². The average Bonchev–Trinajstić information content (AvgIpc) is 3.47. The van der Waals surface area contributed by atoms with Crippen LogP contribution in [0.3, 0.4) is 0 Å². The van der Waals surface area contributed by atoms with Crippen molar-refractivity contribution in [3.8, 4) is 34.3 Å². The second-order valence-electron chi connectivity index (χ2n) is 12.9. The van der Waals surface area contributed by atoms with Crippen LogP contribution in [0.1, 0.15) is 46.4 Å². The number of likely N-dealkylation sites (tertiary alicyclic amines) is 1.